The lowest BCUT2D eigenvalue weighted by Crippen LogP contribution is -2.29. The van der Waals surface area contributed by atoms with Crippen LogP contribution in [0.4, 0.5) is 0 Å². The first kappa shape index (κ1) is 29.1. The molecule has 1 aromatic heterocycles. The van der Waals surface area contributed by atoms with E-state index in [-0.39, 0.29) is 17.3 Å². The summed E-state index contributed by atoms with van der Waals surface area (Å²) >= 11 is 0. The maximum absolute atomic E-state index is 10.6. The average Bonchev–Trinajstić information content (AvgIpc) is 3.53. The van der Waals surface area contributed by atoms with Gasteiger partial charge in [0, 0.05) is 28.0 Å². The van der Waals surface area contributed by atoms with Crippen LogP contribution >= 0.6 is 0 Å². The third-order valence-electron chi connectivity index (χ3n) is 12.2. The van der Waals surface area contributed by atoms with Gasteiger partial charge < -0.3 is 4.57 Å². The molecule has 2 unspecified atom stereocenters. The highest BCUT2D eigenvalue weighted by Crippen LogP contribution is 2.60. The van der Waals surface area contributed by atoms with Crippen molar-refractivity contribution in [3.63, 3.8) is 0 Å². The van der Waals surface area contributed by atoms with E-state index in [1.54, 1.807) is 0 Å². The Kier molecular flexibility index (Phi) is 5.70. The van der Waals surface area contributed by atoms with E-state index in [0.717, 1.165) is 22.3 Å². The standard InChI is InChI=1S/C49H31N3/c1-49(2)40-17-9-11-19-43(40)52-42-18-10-8-14-32(42)37-24-31(25-41(49)48(37)52)36-21-29(27-51)23-39-44-33-15-6-7-16-34(33)45(47(36)39)38-22-28(26-50)20-35(46(38)44)30-12-4-3-5-13-30/h3-25,44-45H,1-2H3. The second-order valence-electron chi connectivity index (χ2n) is 15.1. The van der Waals surface area contributed by atoms with E-state index >= 15 is 0 Å². The Bertz CT molecular complexity index is 2960. The van der Waals surface area contributed by atoms with Crippen LogP contribution in [0.3, 0.4) is 0 Å². The van der Waals surface area contributed by atoms with Crippen molar-refractivity contribution in [2.45, 2.75) is 31.1 Å². The van der Waals surface area contributed by atoms with Crippen LogP contribution in [-0.4, -0.2) is 4.57 Å². The molecular formula is C49H31N3. The van der Waals surface area contributed by atoms with Crippen LogP contribution in [0, 0.1) is 22.7 Å². The van der Waals surface area contributed by atoms with E-state index in [2.05, 4.69) is 164 Å². The Morgan fingerprint density at radius 3 is 1.77 bits per heavy atom. The molecular weight excluding hydrogens is 631 g/mol. The van der Waals surface area contributed by atoms with Gasteiger partial charge in [-0.3, -0.25) is 0 Å². The lowest BCUT2D eigenvalue weighted by Gasteiger charge is -2.44. The monoisotopic (exact) mass is 661 g/mol. The molecule has 0 spiro atoms. The van der Waals surface area contributed by atoms with Crippen LogP contribution in [0.25, 0.3) is 49.7 Å². The first-order valence-electron chi connectivity index (χ1n) is 18.0. The smallest absolute Gasteiger partial charge is 0.0991 e. The van der Waals surface area contributed by atoms with E-state index in [4.69, 9.17) is 0 Å². The van der Waals surface area contributed by atoms with Gasteiger partial charge in [-0.05, 0) is 115 Å². The molecule has 3 heteroatoms. The number of hydrogen-bond donors (Lipinski definition) is 0. The quantitative estimate of drug-likeness (QED) is 0.185. The summed E-state index contributed by atoms with van der Waals surface area (Å²) in [6, 6.07) is 55.0. The summed E-state index contributed by atoms with van der Waals surface area (Å²) < 4.78 is 2.45. The van der Waals surface area contributed by atoms with Crippen molar-refractivity contribution in [2.24, 2.45) is 0 Å². The number of aromatic nitrogens is 1. The Morgan fingerprint density at radius 1 is 0.519 bits per heavy atom. The molecule has 0 amide bonds. The molecule has 12 rings (SSSR count). The van der Waals surface area contributed by atoms with Crippen LogP contribution in [0.15, 0.2) is 140 Å². The largest absolute Gasteiger partial charge is 0.309 e. The van der Waals surface area contributed by atoms with Crippen molar-refractivity contribution >= 4 is 21.8 Å². The van der Waals surface area contributed by atoms with Crippen LogP contribution < -0.4 is 0 Å². The summed E-state index contributed by atoms with van der Waals surface area (Å²) in [5.41, 5.74) is 19.2. The van der Waals surface area contributed by atoms with Gasteiger partial charge >= 0.3 is 0 Å². The molecule has 0 fully saturated rings. The summed E-state index contributed by atoms with van der Waals surface area (Å²) in [6.07, 6.45) is 0. The molecule has 2 heterocycles. The van der Waals surface area contributed by atoms with E-state index < -0.39 is 0 Å². The molecule has 0 saturated carbocycles. The van der Waals surface area contributed by atoms with Crippen LogP contribution in [0.1, 0.15) is 81.3 Å². The number of fused-ring (bicyclic) bond motifs is 5. The van der Waals surface area contributed by atoms with Crippen molar-refractivity contribution in [1.29, 1.82) is 10.5 Å². The lowest BCUT2D eigenvalue weighted by atomic mass is 9.58. The fourth-order valence-corrected chi connectivity index (χ4v) is 10.0. The maximum atomic E-state index is 10.6. The van der Waals surface area contributed by atoms with Gasteiger partial charge in [-0.25, -0.2) is 0 Å². The Morgan fingerprint density at radius 2 is 1.10 bits per heavy atom. The molecule has 0 saturated heterocycles. The number of nitrogens with zero attached hydrogens (tertiary/aromatic N) is 3. The molecule has 8 aromatic rings. The summed E-state index contributed by atoms with van der Waals surface area (Å²) in [5, 5.41) is 23.4. The molecule has 2 atom stereocenters. The number of rotatable bonds is 2. The number of nitriles is 2. The van der Waals surface area contributed by atoms with E-state index in [1.165, 1.54) is 72.0 Å². The average molecular weight is 662 g/mol. The topological polar surface area (TPSA) is 52.5 Å². The number of para-hydroxylation sites is 2. The van der Waals surface area contributed by atoms with Gasteiger partial charge in [0.25, 0.3) is 0 Å². The van der Waals surface area contributed by atoms with Crippen LogP contribution in [-0.2, 0) is 5.41 Å². The van der Waals surface area contributed by atoms with E-state index in [0.29, 0.717) is 11.1 Å². The summed E-state index contributed by atoms with van der Waals surface area (Å²) in [5.74, 6) is -0.166. The normalized spacial score (nSPS) is 16.8. The van der Waals surface area contributed by atoms with Gasteiger partial charge in [-0.1, -0.05) is 105 Å². The predicted molar refractivity (Wildman–Crippen MR) is 208 cm³/mol. The molecule has 52 heavy (non-hydrogen) atoms. The first-order chi connectivity index (χ1) is 25.5. The van der Waals surface area contributed by atoms with Crippen LogP contribution in [0.2, 0.25) is 0 Å². The van der Waals surface area contributed by atoms with Gasteiger partial charge in [-0.2, -0.15) is 10.5 Å². The van der Waals surface area contributed by atoms with Crippen molar-refractivity contribution in [1.82, 2.24) is 4.57 Å². The van der Waals surface area contributed by atoms with Crippen molar-refractivity contribution in [2.75, 3.05) is 0 Å². The minimum atomic E-state index is -0.257. The third-order valence-corrected chi connectivity index (χ3v) is 12.2. The summed E-state index contributed by atoms with van der Waals surface area (Å²) in [4.78, 5) is 0. The zero-order valence-corrected chi connectivity index (χ0v) is 28.8. The minimum Gasteiger partial charge on any atom is -0.309 e. The number of benzene rings is 7. The van der Waals surface area contributed by atoms with E-state index in [9.17, 15) is 10.5 Å². The molecule has 242 valence electrons. The van der Waals surface area contributed by atoms with Gasteiger partial charge in [-0.15, -0.1) is 0 Å². The molecule has 4 aliphatic rings. The molecule has 3 nitrogen and oxygen atoms in total. The van der Waals surface area contributed by atoms with Crippen LogP contribution in [0.5, 0.6) is 0 Å². The fourth-order valence-electron chi connectivity index (χ4n) is 10.0. The summed E-state index contributed by atoms with van der Waals surface area (Å²) in [6.45, 7) is 4.69. The third kappa shape index (κ3) is 3.62. The molecule has 0 N–H and O–H groups in total. The van der Waals surface area contributed by atoms with Gasteiger partial charge in [0.15, 0.2) is 0 Å². The van der Waals surface area contributed by atoms with Crippen molar-refractivity contribution in [3.8, 4) is 40.1 Å². The van der Waals surface area contributed by atoms with E-state index in [1.807, 2.05) is 6.07 Å². The minimum absolute atomic E-state index is 0.0754. The highest BCUT2D eigenvalue weighted by atomic mass is 15.0. The SMILES string of the molecule is CC1(C)c2ccccc2-n2c3ccccc3c3cc(-c4cc(C#N)cc5c4C4c6ccccc6C5c5c(-c6ccccc6)cc(C#N)cc54)cc1c32. The predicted octanol–water partition coefficient (Wildman–Crippen LogP) is 11.5. The maximum Gasteiger partial charge on any atom is 0.0991 e. The lowest BCUT2D eigenvalue weighted by molar-refractivity contribution is 0.630. The van der Waals surface area contributed by atoms with Gasteiger partial charge in [0.1, 0.15) is 0 Å². The second kappa shape index (κ2) is 10.2. The second-order valence-corrected chi connectivity index (χ2v) is 15.1. The Labute approximate surface area is 302 Å². The molecule has 2 bridgehead atoms. The molecule has 1 aliphatic heterocycles. The fraction of sp³-hybridized carbons (Fsp3) is 0.102. The highest BCUT2D eigenvalue weighted by Gasteiger charge is 2.45. The molecule has 7 aromatic carbocycles. The first-order valence-corrected chi connectivity index (χ1v) is 18.0. The zero-order chi connectivity index (χ0) is 34.9. The van der Waals surface area contributed by atoms with Gasteiger partial charge in [0.2, 0.25) is 0 Å². The highest BCUT2D eigenvalue weighted by molar-refractivity contribution is 6.13. The van der Waals surface area contributed by atoms with Crippen molar-refractivity contribution < 1.29 is 0 Å². The number of hydrogen-bond acceptors (Lipinski definition) is 2. The van der Waals surface area contributed by atoms with Gasteiger partial charge in [0.05, 0.1) is 40.0 Å². The molecule has 0 radical (unpaired) electrons. The summed E-state index contributed by atoms with van der Waals surface area (Å²) in [7, 11) is 0. The van der Waals surface area contributed by atoms with Crippen molar-refractivity contribution in [3.05, 3.63) is 195 Å². The Hall–Kier alpha value is -6.68. The Balaban J connectivity index is 1.26. The molecule has 3 aliphatic carbocycles. The zero-order valence-electron chi connectivity index (χ0n) is 28.8.